The fraction of sp³-hybridized carbons (Fsp3) is 0.562. The Balaban J connectivity index is 2.04. The van der Waals surface area contributed by atoms with E-state index in [1.54, 1.807) is 19.1 Å². The molecule has 1 aromatic carbocycles. The summed E-state index contributed by atoms with van der Waals surface area (Å²) in [5.74, 6) is 1.46. The molecule has 2 rings (SSSR count). The number of hydrogen-bond donors (Lipinski definition) is 0. The molecule has 1 aliphatic carbocycles. The van der Waals surface area contributed by atoms with Crippen LogP contribution in [0, 0.1) is 11.7 Å². The lowest BCUT2D eigenvalue weighted by Crippen LogP contribution is -2.08. The Morgan fingerprint density at radius 2 is 2.24 bits per heavy atom. The number of unbranched alkanes of at least 4 members (excludes halogenated alkanes) is 1. The quantitative estimate of drug-likeness (QED) is 0.540. The van der Waals surface area contributed by atoms with Crippen molar-refractivity contribution in [2.75, 3.05) is 12.4 Å². The van der Waals surface area contributed by atoms with Gasteiger partial charge in [-0.25, -0.2) is 4.39 Å². The van der Waals surface area contributed by atoms with E-state index in [-0.39, 0.29) is 5.82 Å². The number of rotatable bonds is 8. The summed E-state index contributed by atoms with van der Waals surface area (Å²) in [7, 11) is 0. The predicted molar refractivity (Wildman–Crippen MR) is 84.7 cm³/mol. The van der Waals surface area contributed by atoms with Gasteiger partial charge in [-0.3, -0.25) is 0 Å². The van der Waals surface area contributed by atoms with Gasteiger partial charge in [-0.1, -0.05) is 17.7 Å². The van der Waals surface area contributed by atoms with Crippen LogP contribution in [0.1, 0.15) is 45.1 Å². The van der Waals surface area contributed by atoms with E-state index >= 15 is 0 Å². The molecular formula is C16H22FNO2S. The van der Waals surface area contributed by atoms with Crippen LogP contribution in [0.2, 0.25) is 0 Å². The van der Waals surface area contributed by atoms with Crippen LogP contribution < -0.4 is 4.74 Å². The minimum Gasteiger partial charge on any atom is -0.591 e. The zero-order valence-electron chi connectivity index (χ0n) is 12.6. The fourth-order valence-corrected chi connectivity index (χ4v) is 2.92. The highest BCUT2D eigenvalue weighted by molar-refractivity contribution is 7.90. The Morgan fingerprint density at radius 1 is 1.48 bits per heavy atom. The second-order valence-corrected chi connectivity index (χ2v) is 6.69. The highest BCUT2D eigenvalue weighted by Crippen LogP contribution is 2.30. The number of nitrogens with zero attached hydrogens (tertiary/aromatic N) is 1. The van der Waals surface area contributed by atoms with Crippen molar-refractivity contribution >= 4 is 17.1 Å². The van der Waals surface area contributed by atoms with Crippen LogP contribution in [0.3, 0.4) is 0 Å². The summed E-state index contributed by atoms with van der Waals surface area (Å²) < 4.78 is 35.4. The average molecular weight is 311 g/mol. The van der Waals surface area contributed by atoms with E-state index in [0.717, 1.165) is 12.8 Å². The van der Waals surface area contributed by atoms with Crippen molar-refractivity contribution in [2.24, 2.45) is 10.3 Å². The molecule has 0 unspecified atom stereocenters. The highest BCUT2D eigenvalue weighted by Gasteiger charge is 2.22. The third-order valence-corrected chi connectivity index (χ3v) is 4.54. The van der Waals surface area contributed by atoms with Crippen molar-refractivity contribution in [1.82, 2.24) is 0 Å². The van der Waals surface area contributed by atoms with Crippen LogP contribution in [-0.2, 0) is 11.4 Å². The van der Waals surface area contributed by atoms with Gasteiger partial charge in [0.25, 0.3) is 0 Å². The van der Waals surface area contributed by atoms with Gasteiger partial charge in [-0.15, -0.1) is 0 Å². The summed E-state index contributed by atoms with van der Waals surface area (Å²) >= 11 is -1.29. The molecule has 116 valence electrons. The van der Waals surface area contributed by atoms with Gasteiger partial charge in [0.15, 0.2) is 0 Å². The lowest BCUT2D eigenvalue weighted by Gasteiger charge is -2.09. The summed E-state index contributed by atoms with van der Waals surface area (Å²) in [5, 5.41) is 0. The zero-order chi connectivity index (χ0) is 15.2. The van der Waals surface area contributed by atoms with Gasteiger partial charge in [0.05, 0.1) is 23.7 Å². The van der Waals surface area contributed by atoms with Gasteiger partial charge in [0.2, 0.25) is 0 Å². The molecule has 1 aromatic rings. The Bertz CT molecular complexity index is 503. The molecule has 0 radical (unpaired) electrons. The van der Waals surface area contributed by atoms with Crippen LogP contribution in [0.4, 0.5) is 4.39 Å². The molecule has 1 atom stereocenters. The summed E-state index contributed by atoms with van der Waals surface area (Å²) in [5.41, 5.74) is 0.826. The Labute approximate surface area is 128 Å². The van der Waals surface area contributed by atoms with Crippen LogP contribution in [-0.4, -0.2) is 22.6 Å². The molecule has 0 bridgehead atoms. The molecule has 21 heavy (non-hydrogen) atoms. The SMILES string of the molecule is CCCC[S@+]([O-])/N=C(\C)c1cc(OCC2CC2)ccc1F. The zero-order valence-corrected chi connectivity index (χ0v) is 13.4. The van der Waals surface area contributed by atoms with Gasteiger partial charge < -0.3 is 9.29 Å². The number of benzene rings is 1. The highest BCUT2D eigenvalue weighted by atomic mass is 32.2. The second-order valence-electron chi connectivity index (χ2n) is 5.45. The first-order chi connectivity index (χ1) is 10.1. The maximum absolute atomic E-state index is 13.9. The molecule has 0 amide bonds. The van der Waals surface area contributed by atoms with Gasteiger partial charge in [0.1, 0.15) is 17.3 Å². The largest absolute Gasteiger partial charge is 0.591 e. The normalized spacial score (nSPS) is 16.9. The number of ether oxygens (including phenoxy) is 1. The van der Waals surface area contributed by atoms with Crippen LogP contribution in [0.15, 0.2) is 22.6 Å². The average Bonchev–Trinajstić information content (AvgIpc) is 3.28. The first kappa shape index (κ1) is 16.3. The van der Waals surface area contributed by atoms with Crippen LogP contribution in [0.5, 0.6) is 5.75 Å². The first-order valence-electron chi connectivity index (χ1n) is 7.46. The van der Waals surface area contributed by atoms with Crippen molar-refractivity contribution in [3.63, 3.8) is 0 Å². The molecule has 0 aromatic heterocycles. The van der Waals surface area contributed by atoms with Crippen LogP contribution >= 0.6 is 0 Å². The Hall–Kier alpha value is -1.07. The van der Waals surface area contributed by atoms with Gasteiger partial charge in [-0.2, -0.15) is 0 Å². The standard InChI is InChI=1S/C16H22FNO2S/c1-3-4-9-21(19)18-12(2)15-10-14(7-8-16(15)17)20-11-13-5-6-13/h7-8,10,13H,3-6,9,11H2,1-2H3/b18-12+/t21-/m0/s1. The van der Waals surface area contributed by atoms with E-state index in [1.807, 2.05) is 6.92 Å². The molecule has 0 saturated heterocycles. The van der Waals surface area contributed by atoms with E-state index < -0.39 is 11.4 Å². The molecule has 1 fully saturated rings. The molecular weight excluding hydrogens is 289 g/mol. The van der Waals surface area contributed by atoms with E-state index in [9.17, 15) is 8.94 Å². The third-order valence-electron chi connectivity index (χ3n) is 3.42. The second kappa shape index (κ2) is 7.80. The molecule has 5 heteroatoms. The first-order valence-corrected chi connectivity index (χ1v) is 8.74. The fourth-order valence-electron chi connectivity index (χ4n) is 1.89. The number of halogens is 1. The monoisotopic (exact) mass is 311 g/mol. The molecule has 0 aliphatic heterocycles. The molecule has 3 nitrogen and oxygen atoms in total. The minimum atomic E-state index is -1.29. The lowest BCUT2D eigenvalue weighted by atomic mass is 10.1. The third kappa shape index (κ3) is 5.32. The summed E-state index contributed by atoms with van der Waals surface area (Å²) in [6.07, 6.45) is 4.26. The summed E-state index contributed by atoms with van der Waals surface area (Å²) in [6, 6.07) is 4.65. The van der Waals surface area contributed by atoms with Crippen LogP contribution in [0.25, 0.3) is 0 Å². The molecule has 1 saturated carbocycles. The van der Waals surface area contributed by atoms with Crippen molar-refractivity contribution in [3.05, 3.63) is 29.6 Å². The number of hydrogen-bond acceptors (Lipinski definition) is 3. The molecule has 1 aliphatic rings. The molecule has 0 spiro atoms. The van der Waals surface area contributed by atoms with E-state index in [4.69, 9.17) is 4.74 Å². The Kier molecular flexibility index (Phi) is 6.06. The van der Waals surface area contributed by atoms with E-state index in [2.05, 4.69) is 4.40 Å². The van der Waals surface area contributed by atoms with Crippen molar-refractivity contribution in [3.8, 4) is 5.75 Å². The van der Waals surface area contributed by atoms with E-state index in [1.165, 1.54) is 18.9 Å². The van der Waals surface area contributed by atoms with Gasteiger partial charge >= 0.3 is 0 Å². The van der Waals surface area contributed by atoms with Gasteiger partial charge in [-0.05, 0) is 50.3 Å². The summed E-state index contributed by atoms with van der Waals surface area (Å²) in [4.78, 5) is 0. The minimum absolute atomic E-state index is 0.359. The maximum Gasteiger partial charge on any atom is 0.133 e. The lowest BCUT2D eigenvalue weighted by molar-refractivity contribution is 0.299. The van der Waals surface area contributed by atoms with Crippen molar-refractivity contribution in [2.45, 2.75) is 39.5 Å². The molecule has 0 heterocycles. The molecule has 0 N–H and O–H groups in total. The van der Waals surface area contributed by atoms with Crippen molar-refractivity contribution < 1.29 is 13.7 Å². The van der Waals surface area contributed by atoms with Crippen molar-refractivity contribution in [1.29, 1.82) is 0 Å². The van der Waals surface area contributed by atoms with E-state index in [0.29, 0.717) is 35.3 Å². The van der Waals surface area contributed by atoms with Gasteiger partial charge in [0, 0.05) is 5.56 Å². The topological polar surface area (TPSA) is 44.7 Å². The summed E-state index contributed by atoms with van der Waals surface area (Å²) in [6.45, 7) is 4.41. The predicted octanol–water partition coefficient (Wildman–Crippen LogP) is 3.89. The maximum atomic E-state index is 13.9. The smallest absolute Gasteiger partial charge is 0.133 e. The Morgan fingerprint density at radius 3 is 2.90 bits per heavy atom.